The number of nitrogens with one attached hydrogen (secondary N) is 1. The molecule has 5 heteroatoms. The predicted molar refractivity (Wildman–Crippen MR) is 35.2 cm³/mol. The van der Waals surface area contributed by atoms with Crippen LogP contribution in [0.4, 0.5) is 0 Å². The summed E-state index contributed by atoms with van der Waals surface area (Å²) in [6, 6.07) is 3.42. The summed E-state index contributed by atoms with van der Waals surface area (Å²) in [5, 5.41) is 27.0. The maximum Gasteiger partial charge on any atom is 0.317 e. The minimum atomic E-state index is -1.00. The summed E-state index contributed by atoms with van der Waals surface area (Å²) >= 11 is 0. The molecule has 2 N–H and O–H groups in total. The van der Waals surface area contributed by atoms with Gasteiger partial charge in [-0.2, -0.15) is 10.5 Å². The highest BCUT2D eigenvalue weighted by Gasteiger charge is 2.04. The van der Waals surface area contributed by atoms with Gasteiger partial charge >= 0.3 is 5.97 Å². The summed E-state index contributed by atoms with van der Waals surface area (Å²) in [6.45, 7) is -0.126. The van der Waals surface area contributed by atoms with Gasteiger partial charge in [-0.15, -0.1) is 0 Å². The maximum atomic E-state index is 9.93. The minimum absolute atomic E-state index is 0.0965. The van der Waals surface area contributed by atoms with E-state index in [-0.39, 0.29) is 13.1 Å². The van der Waals surface area contributed by atoms with Gasteiger partial charge in [-0.1, -0.05) is 0 Å². The first kappa shape index (κ1) is 9.41. The van der Waals surface area contributed by atoms with Gasteiger partial charge in [-0.3, -0.25) is 4.79 Å². The van der Waals surface area contributed by atoms with Crippen LogP contribution in [0.5, 0.6) is 0 Å². The van der Waals surface area contributed by atoms with Crippen molar-refractivity contribution < 1.29 is 9.90 Å². The van der Waals surface area contributed by atoms with Crippen LogP contribution < -0.4 is 5.32 Å². The molecule has 0 rings (SSSR count). The Kier molecular flexibility index (Phi) is 4.46. The number of nitrogens with zero attached hydrogens (tertiary/aromatic N) is 2. The van der Waals surface area contributed by atoms with Crippen molar-refractivity contribution in [3.63, 3.8) is 0 Å². The molecule has 0 aromatic carbocycles. The number of hydrogen-bond acceptors (Lipinski definition) is 4. The fourth-order valence-electron chi connectivity index (χ4n) is 0.444. The van der Waals surface area contributed by atoms with E-state index in [0.717, 1.165) is 0 Å². The Labute approximate surface area is 63.9 Å². The molecule has 0 unspecified atom stereocenters. The van der Waals surface area contributed by atoms with Crippen molar-refractivity contribution in [3.05, 3.63) is 0 Å². The number of carbonyl (C=O) groups is 1. The summed E-state index contributed by atoms with van der Waals surface area (Å²) < 4.78 is 0. The third kappa shape index (κ3) is 4.89. The Morgan fingerprint density at radius 3 is 2.45 bits per heavy atom. The van der Waals surface area contributed by atoms with Crippen LogP contribution in [0.15, 0.2) is 0 Å². The third-order valence-corrected chi connectivity index (χ3v) is 0.936. The minimum Gasteiger partial charge on any atom is -0.480 e. The van der Waals surface area contributed by atoms with Crippen molar-refractivity contribution in [2.24, 2.45) is 5.92 Å². The van der Waals surface area contributed by atoms with Gasteiger partial charge in [0.2, 0.25) is 0 Å². The number of aliphatic carboxylic acids is 1. The van der Waals surface area contributed by atoms with E-state index in [1.165, 1.54) is 0 Å². The van der Waals surface area contributed by atoms with Gasteiger partial charge < -0.3 is 10.4 Å². The van der Waals surface area contributed by atoms with Crippen LogP contribution in [0.1, 0.15) is 0 Å². The van der Waals surface area contributed by atoms with E-state index in [1.54, 1.807) is 12.1 Å². The second-order valence-corrected chi connectivity index (χ2v) is 1.84. The predicted octanol–water partition coefficient (Wildman–Crippen LogP) is -0.676. The first-order valence-corrected chi connectivity index (χ1v) is 2.92. The van der Waals surface area contributed by atoms with Crippen LogP contribution in [0.3, 0.4) is 0 Å². The molecule has 0 aliphatic rings. The van der Waals surface area contributed by atoms with Crippen LogP contribution >= 0.6 is 0 Å². The fourth-order valence-corrected chi connectivity index (χ4v) is 0.444. The molecule has 0 bridgehead atoms. The molecule has 0 aromatic rings. The van der Waals surface area contributed by atoms with Crippen molar-refractivity contribution in [2.45, 2.75) is 0 Å². The molecule has 0 aliphatic heterocycles. The Hall–Kier alpha value is -1.59. The fraction of sp³-hybridized carbons (Fsp3) is 0.500. The van der Waals surface area contributed by atoms with Gasteiger partial charge in [-0.25, -0.2) is 0 Å². The van der Waals surface area contributed by atoms with Gasteiger partial charge in [0, 0.05) is 6.54 Å². The lowest BCUT2D eigenvalue weighted by Crippen LogP contribution is -2.27. The summed E-state index contributed by atoms with van der Waals surface area (Å²) in [4.78, 5) is 9.93. The summed E-state index contributed by atoms with van der Waals surface area (Å²) in [5.74, 6) is -1.77. The highest BCUT2D eigenvalue weighted by Crippen LogP contribution is 1.86. The van der Waals surface area contributed by atoms with Crippen LogP contribution in [-0.4, -0.2) is 24.2 Å². The second kappa shape index (κ2) is 5.21. The monoisotopic (exact) mass is 153 g/mol. The molecule has 0 atom stereocenters. The number of carboxylic acids is 1. The molecule has 0 amide bonds. The quantitative estimate of drug-likeness (QED) is 0.558. The largest absolute Gasteiger partial charge is 0.480 e. The van der Waals surface area contributed by atoms with Gasteiger partial charge in [0.25, 0.3) is 0 Å². The van der Waals surface area contributed by atoms with Crippen LogP contribution in [-0.2, 0) is 4.79 Å². The third-order valence-electron chi connectivity index (χ3n) is 0.936. The SMILES string of the molecule is N#CC(C#N)CNCC(=O)O. The molecule has 0 heterocycles. The normalized spacial score (nSPS) is 8.64. The Morgan fingerprint density at radius 1 is 1.55 bits per heavy atom. The van der Waals surface area contributed by atoms with E-state index in [4.69, 9.17) is 15.6 Å². The molecule has 58 valence electrons. The van der Waals surface area contributed by atoms with E-state index in [9.17, 15) is 4.79 Å². The van der Waals surface area contributed by atoms with E-state index in [2.05, 4.69) is 5.32 Å². The second-order valence-electron chi connectivity index (χ2n) is 1.84. The Morgan fingerprint density at radius 2 is 2.09 bits per heavy atom. The lowest BCUT2D eigenvalue weighted by molar-refractivity contribution is -0.135. The summed E-state index contributed by atoms with van der Waals surface area (Å²) in [7, 11) is 0. The smallest absolute Gasteiger partial charge is 0.317 e. The number of hydrogen-bond donors (Lipinski definition) is 2. The zero-order chi connectivity index (χ0) is 8.69. The van der Waals surface area contributed by atoms with E-state index in [1.807, 2.05) is 0 Å². The molecule has 5 nitrogen and oxygen atoms in total. The van der Waals surface area contributed by atoms with Crippen molar-refractivity contribution in [2.75, 3.05) is 13.1 Å². The highest BCUT2D eigenvalue weighted by atomic mass is 16.4. The van der Waals surface area contributed by atoms with Gasteiger partial charge in [0.1, 0.15) is 5.92 Å². The van der Waals surface area contributed by atoms with E-state index in [0.29, 0.717) is 0 Å². The van der Waals surface area contributed by atoms with Gasteiger partial charge in [0.15, 0.2) is 0 Å². The van der Waals surface area contributed by atoms with E-state index >= 15 is 0 Å². The van der Waals surface area contributed by atoms with Crippen LogP contribution in [0.2, 0.25) is 0 Å². The van der Waals surface area contributed by atoms with Crippen molar-refractivity contribution in [1.29, 1.82) is 10.5 Å². The Balaban J connectivity index is 3.48. The molecule has 0 saturated carbocycles. The molecule has 0 spiro atoms. The number of carboxylic acid groups (broad SMARTS) is 1. The van der Waals surface area contributed by atoms with Gasteiger partial charge in [-0.05, 0) is 0 Å². The summed E-state index contributed by atoms with van der Waals surface area (Å²) in [5.41, 5.74) is 0. The molecule has 11 heavy (non-hydrogen) atoms. The average molecular weight is 153 g/mol. The van der Waals surface area contributed by atoms with Gasteiger partial charge in [0.05, 0.1) is 18.7 Å². The zero-order valence-corrected chi connectivity index (χ0v) is 5.74. The average Bonchev–Trinajstić information content (AvgIpc) is 1.98. The standard InChI is InChI=1S/C6H7N3O2/c7-1-5(2-8)3-9-4-6(10)11/h5,9H,3-4H2,(H,10,11). The number of nitriles is 2. The van der Waals surface area contributed by atoms with Crippen molar-refractivity contribution in [3.8, 4) is 12.1 Å². The molecular formula is C6H7N3O2. The summed E-state index contributed by atoms with van der Waals surface area (Å²) in [6.07, 6.45) is 0. The first-order chi connectivity index (χ1) is 5.20. The first-order valence-electron chi connectivity index (χ1n) is 2.92. The molecule has 0 radical (unpaired) electrons. The van der Waals surface area contributed by atoms with Crippen LogP contribution in [0, 0.1) is 28.6 Å². The van der Waals surface area contributed by atoms with Crippen LogP contribution in [0.25, 0.3) is 0 Å². The topological polar surface area (TPSA) is 96.9 Å². The molecule has 0 aliphatic carbocycles. The zero-order valence-electron chi connectivity index (χ0n) is 5.74. The molecule has 0 aromatic heterocycles. The lowest BCUT2D eigenvalue weighted by atomic mass is 10.2. The van der Waals surface area contributed by atoms with Crippen molar-refractivity contribution >= 4 is 5.97 Å². The molecule has 0 saturated heterocycles. The number of rotatable bonds is 4. The molecular weight excluding hydrogens is 146 g/mol. The Bertz CT molecular complexity index is 199. The highest BCUT2D eigenvalue weighted by molar-refractivity contribution is 5.68. The van der Waals surface area contributed by atoms with E-state index < -0.39 is 11.9 Å². The molecule has 0 fully saturated rings. The van der Waals surface area contributed by atoms with Crippen molar-refractivity contribution in [1.82, 2.24) is 5.32 Å². The maximum absolute atomic E-state index is 9.93. The lowest BCUT2D eigenvalue weighted by Gasteiger charge is -1.98.